The van der Waals surface area contributed by atoms with Gasteiger partial charge in [0.15, 0.2) is 0 Å². The summed E-state index contributed by atoms with van der Waals surface area (Å²) < 4.78 is 0. The first-order valence-corrected chi connectivity index (χ1v) is 25.7. The van der Waals surface area contributed by atoms with Crippen LogP contribution in [-0.4, -0.2) is 9.52 Å². The third-order valence-electron chi connectivity index (χ3n) is 9.24. The van der Waals surface area contributed by atoms with E-state index in [9.17, 15) is 0 Å². The topological polar surface area (TPSA) is 0 Å². The molecule has 0 amide bonds. The zero-order valence-electron chi connectivity index (χ0n) is 30.1. The molecule has 48 heavy (non-hydrogen) atoms. The van der Waals surface area contributed by atoms with Crippen molar-refractivity contribution >= 4 is 48.1 Å². The Morgan fingerprint density at radius 2 is 0.917 bits per heavy atom. The van der Waals surface area contributed by atoms with E-state index in [1.807, 2.05) is 0 Å². The van der Waals surface area contributed by atoms with Crippen molar-refractivity contribution in [2.75, 3.05) is 0 Å². The summed E-state index contributed by atoms with van der Waals surface area (Å²) in [5.41, 5.74) is 11.1. The first-order chi connectivity index (χ1) is 23.3. The van der Waals surface area contributed by atoms with Gasteiger partial charge in [-0.3, -0.25) is 0 Å². The molecule has 0 aliphatic heterocycles. The molecule has 0 aliphatic carbocycles. The normalized spacial score (nSPS) is 11.7. The van der Waals surface area contributed by atoms with Gasteiger partial charge in [0, 0.05) is 9.52 Å². The van der Waals surface area contributed by atoms with Crippen molar-refractivity contribution in [3.05, 3.63) is 131 Å². The molecule has 0 spiro atoms. The molecule has 250 valence electrons. The Bertz CT molecular complexity index is 1650. The summed E-state index contributed by atoms with van der Waals surface area (Å²) in [6, 6.07) is 40.8. The van der Waals surface area contributed by atoms with Crippen LogP contribution in [-0.2, 0) is 33.7 Å². The van der Waals surface area contributed by atoms with Gasteiger partial charge in [0.25, 0.3) is 0 Å². The maximum absolute atomic E-state index is 4.93. The molecular formula is C44H52Cl2SiZr. The quantitative estimate of drug-likeness (QED) is 0.107. The number of fused-ring (bicyclic) bond motifs is 2. The Morgan fingerprint density at radius 3 is 1.21 bits per heavy atom. The Morgan fingerprint density at radius 1 is 0.583 bits per heavy atom. The predicted molar refractivity (Wildman–Crippen MR) is 215 cm³/mol. The standard InChI is InChI=1S/2C21H23.C2H6Si.2ClH.Zr/c2*1-4-15(3)17-9-11-18(12-10-17)20-8-6-7-19-13-16(5-2)14-21(19)20;1-3-2;;;/h2*6-15H,4-5H2,1-3H3;1-2H3;2*1H;/q2*-1;;;;+4/p-2. The molecule has 0 bridgehead atoms. The maximum atomic E-state index is 4.93. The van der Waals surface area contributed by atoms with Gasteiger partial charge in [-0.15, -0.1) is 69.1 Å². The molecule has 2 atom stereocenters. The van der Waals surface area contributed by atoms with Crippen LogP contribution in [0.5, 0.6) is 0 Å². The molecule has 0 saturated heterocycles. The molecule has 6 aromatic carbocycles. The van der Waals surface area contributed by atoms with Gasteiger partial charge < -0.3 is 0 Å². The van der Waals surface area contributed by atoms with Gasteiger partial charge in [-0.1, -0.05) is 126 Å². The van der Waals surface area contributed by atoms with E-state index >= 15 is 0 Å². The number of hydrogen-bond donors (Lipinski definition) is 0. The third kappa shape index (κ3) is 10.9. The van der Waals surface area contributed by atoms with Crippen molar-refractivity contribution in [3.63, 3.8) is 0 Å². The molecule has 0 fully saturated rings. The molecule has 6 rings (SSSR count). The molecule has 0 heterocycles. The zero-order chi connectivity index (χ0) is 35.1. The SMILES string of the molecule is CCc1cc2c(-c3ccc(C(C)CC)cc3)cccc2[cH-]1.CCc1cc2c(-c3ccc(C(C)CC)cc3)cccc2[cH-]1.C[Si]C.[Cl][Zr+2][Cl]. The minimum absolute atomic E-state index is 0.639. The second-order valence-electron chi connectivity index (χ2n) is 12.5. The molecule has 2 radical (unpaired) electrons. The monoisotopic (exact) mass is 768 g/mol. The summed E-state index contributed by atoms with van der Waals surface area (Å²) in [7, 11) is 11.0. The van der Waals surface area contributed by atoms with Crippen molar-refractivity contribution < 1.29 is 20.8 Å². The van der Waals surface area contributed by atoms with Crippen LogP contribution in [0.2, 0.25) is 13.1 Å². The van der Waals surface area contributed by atoms with Gasteiger partial charge in [0.05, 0.1) is 0 Å². The Balaban J connectivity index is 0.000000224. The molecule has 0 saturated carbocycles. The average molecular weight is 771 g/mol. The molecule has 0 nitrogen and oxygen atoms in total. The first kappa shape index (κ1) is 40.2. The Kier molecular flexibility index (Phi) is 17.7. The van der Waals surface area contributed by atoms with Crippen molar-refractivity contribution in [3.8, 4) is 22.3 Å². The van der Waals surface area contributed by atoms with E-state index in [2.05, 4.69) is 164 Å². The van der Waals surface area contributed by atoms with E-state index in [1.165, 1.54) is 78.9 Å². The van der Waals surface area contributed by atoms with Gasteiger partial charge in [0.1, 0.15) is 0 Å². The van der Waals surface area contributed by atoms with Gasteiger partial charge in [-0.25, -0.2) is 0 Å². The fraction of sp³-hybridized carbons (Fsp3) is 0.318. The van der Waals surface area contributed by atoms with E-state index in [0.717, 1.165) is 22.4 Å². The summed E-state index contributed by atoms with van der Waals surface area (Å²) in [6.07, 6.45) is 4.58. The number of aryl methyl sites for hydroxylation is 2. The van der Waals surface area contributed by atoms with Crippen LogP contribution in [0.1, 0.15) is 88.5 Å². The molecular weight excluding hydrogens is 719 g/mol. The average Bonchev–Trinajstić information content (AvgIpc) is 3.76. The van der Waals surface area contributed by atoms with Crippen LogP contribution in [0.15, 0.2) is 109 Å². The second kappa shape index (κ2) is 21.1. The first-order valence-electron chi connectivity index (χ1n) is 17.4. The molecule has 0 N–H and O–H groups in total. The summed E-state index contributed by atoms with van der Waals surface area (Å²) in [5, 5.41) is 5.47. The number of rotatable bonds is 8. The summed E-state index contributed by atoms with van der Waals surface area (Å²) in [5.74, 6) is 1.28. The van der Waals surface area contributed by atoms with Crippen LogP contribution >= 0.6 is 17.0 Å². The summed E-state index contributed by atoms with van der Waals surface area (Å²) in [6.45, 7) is 17.8. The molecule has 2 unspecified atom stereocenters. The van der Waals surface area contributed by atoms with E-state index in [-0.39, 0.29) is 0 Å². The van der Waals surface area contributed by atoms with Gasteiger partial charge in [0.2, 0.25) is 0 Å². The van der Waals surface area contributed by atoms with Crippen molar-refractivity contribution in [2.24, 2.45) is 0 Å². The fourth-order valence-corrected chi connectivity index (χ4v) is 5.96. The molecule has 6 aromatic rings. The van der Waals surface area contributed by atoms with Crippen molar-refractivity contribution in [2.45, 2.75) is 92.2 Å². The molecule has 0 aliphatic rings. The Labute approximate surface area is 312 Å². The zero-order valence-corrected chi connectivity index (χ0v) is 35.1. The molecule has 4 heteroatoms. The van der Waals surface area contributed by atoms with Crippen LogP contribution in [0, 0.1) is 0 Å². The van der Waals surface area contributed by atoms with Crippen LogP contribution in [0.4, 0.5) is 0 Å². The van der Waals surface area contributed by atoms with Gasteiger partial charge in [-0.2, -0.15) is 12.1 Å². The molecule has 0 aromatic heterocycles. The third-order valence-corrected chi connectivity index (χ3v) is 9.24. The van der Waals surface area contributed by atoms with E-state index < -0.39 is 20.8 Å². The van der Waals surface area contributed by atoms with Crippen LogP contribution in [0.3, 0.4) is 0 Å². The van der Waals surface area contributed by atoms with Gasteiger partial charge in [-0.05, 0) is 59.8 Å². The number of hydrogen-bond acceptors (Lipinski definition) is 0. The minimum atomic E-state index is -0.826. The van der Waals surface area contributed by atoms with E-state index in [0.29, 0.717) is 11.8 Å². The predicted octanol–water partition coefficient (Wildman–Crippen LogP) is 14.8. The number of halogens is 2. The van der Waals surface area contributed by atoms with E-state index in [4.69, 9.17) is 17.0 Å². The second-order valence-corrected chi connectivity index (χ2v) is 17.2. The van der Waals surface area contributed by atoms with Crippen molar-refractivity contribution in [1.29, 1.82) is 0 Å². The van der Waals surface area contributed by atoms with Crippen LogP contribution in [0.25, 0.3) is 43.8 Å². The van der Waals surface area contributed by atoms with Crippen molar-refractivity contribution in [1.82, 2.24) is 0 Å². The fourth-order valence-electron chi connectivity index (χ4n) is 5.96. The summed E-state index contributed by atoms with van der Waals surface area (Å²) in [4.78, 5) is 0. The van der Waals surface area contributed by atoms with E-state index in [1.54, 1.807) is 0 Å². The Hall–Kier alpha value is -2.22. The van der Waals surface area contributed by atoms with Gasteiger partial charge >= 0.3 is 37.9 Å². The van der Waals surface area contributed by atoms with Crippen LogP contribution < -0.4 is 0 Å². The number of benzene rings is 4. The summed E-state index contributed by atoms with van der Waals surface area (Å²) >= 11 is -0.826.